The second-order valence-electron chi connectivity index (χ2n) is 5.88. The second kappa shape index (κ2) is 9.27. The van der Waals surface area contributed by atoms with Crippen molar-refractivity contribution in [2.75, 3.05) is 26.7 Å². The van der Waals surface area contributed by atoms with E-state index in [4.69, 9.17) is 4.74 Å². The molecule has 2 aromatic carbocycles. The van der Waals surface area contributed by atoms with E-state index < -0.39 is 5.60 Å². The number of rotatable bonds is 7. The molecule has 2 rings (SSSR count). The van der Waals surface area contributed by atoms with Crippen molar-refractivity contribution in [3.8, 4) is 11.8 Å². The van der Waals surface area contributed by atoms with E-state index in [1.54, 1.807) is 12.0 Å². The summed E-state index contributed by atoms with van der Waals surface area (Å²) in [6, 6.07) is 20.5. The van der Waals surface area contributed by atoms with Crippen LogP contribution in [-0.4, -0.2) is 26.7 Å². The molecule has 0 fully saturated rings. The van der Waals surface area contributed by atoms with Crippen molar-refractivity contribution in [2.45, 2.75) is 25.9 Å². The van der Waals surface area contributed by atoms with Crippen LogP contribution in [0.5, 0.6) is 0 Å². The molecule has 0 bridgehead atoms. The van der Waals surface area contributed by atoms with Crippen molar-refractivity contribution in [2.24, 2.45) is 0 Å². The molecule has 0 aromatic heterocycles. The fourth-order valence-corrected chi connectivity index (χ4v) is 2.97. The molecule has 0 radical (unpaired) electrons. The highest BCUT2D eigenvalue weighted by Gasteiger charge is 2.32. The third-order valence-electron chi connectivity index (χ3n) is 4.53. The van der Waals surface area contributed by atoms with Gasteiger partial charge in [0.15, 0.2) is 5.60 Å². The van der Waals surface area contributed by atoms with Gasteiger partial charge in [-0.25, -0.2) is 0 Å². The van der Waals surface area contributed by atoms with Gasteiger partial charge in [-0.05, 0) is 13.8 Å². The van der Waals surface area contributed by atoms with Crippen molar-refractivity contribution in [1.29, 1.82) is 0 Å². The molecule has 0 aliphatic heterocycles. The molecular weight excluding hydrogens is 294 g/mol. The molecule has 0 spiro atoms. The van der Waals surface area contributed by atoms with E-state index in [2.05, 4.69) is 50.0 Å². The lowest BCUT2D eigenvalue weighted by Gasteiger charge is -2.28. The predicted octanol–water partition coefficient (Wildman–Crippen LogP) is 2.89. The average molecular weight is 322 g/mol. The first-order valence-electron chi connectivity index (χ1n) is 8.76. The fraction of sp³-hybridized carbons (Fsp3) is 0.364. The van der Waals surface area contributed by atoms with Gasteiger partial charge in [-0.2, -0.15) is 0 Å². The van der Waals surface area contributed by atoms with Gasteiger partial charge in [0.25, 0.3) is 0 Å². The SMILES string of the molecule is CC[NH+](CC)CCC#CC(OC)(c1ccccc1)c1ccccc1. The zero-order valence-electron chi connectivity index (χ0n) is 15.0. The van der Waals surface area contributed by atoms with Crippen molar-refractivity contribution in [1.82, 2.24) is 0 Å². The van der Waals surface area contributed by atoms with Crippen molar-refractivity contribution >= 4 is 0 Å². The summed E-state index contributed by atoms with van der Waals surface area (Å²) in [5.74, 6) is 6.81. The molecule has 2 nitrogen and oxygen atoms in total. The molecule has 0 aliphatic carbocycles. The lowest BCUT2D eigenvalue weighted by Crippen LogP contribution is -3.11. The lowest BCUT2D eigenvalue weighted by atomic mass is 9.86. The molecule has 126 valence electrons. The van der Waals surface area contributed by atoms with Crippen molar-refractivity contribution < 1.29 is 9.64 Å². The largest absolute Gasteiger partial charge is 0.357 e. The van der Waals surface area contributed by atoms with Gasteiger partial charge in [0.1, 0.15) is 0 Å². The molecular formula is C22H28NO+. The Hall–Kier alpha value is -2.08. The quantitative estimate of drug-likeness (QED) is 0.774. The zero-order valence-corrected chi connectivity index (χ0v) is 15.0. The van der Waals surface area contributed by atoms with Crippen LogP contribution >= 0.6 is 0 Å². The molecule has 0 amide bonds. The average Bonchev–Trinajstić information content (AvgIpc) is 2.67. The second-order valence-corrected chi connectivity index (χ2v) is 5.88. The molecule has 0 unspecified atom stereocenters. The predicted molar refractivity (Wildman–Crippen MR) is 100.0 cm³/mol. The van der Waals surface area contributed by atoms with Crippen LogP contribution in [0.1, 0.15) is 31.4 Å². The van der Waals surface area contributed by atoms with Crippen LogP contribution < -0.4 is 4.90 Å². The molecule has 24 heavy (non-hydrogen) atoms. The fourth-order valence-electron chi connectivity index (χ4n) is 2.97. The number of hydrogen-bond acceptors (Lipinski definition) is 1. The van der Waals surface area contributed by atoms with Gasteiger partial charge in [-0.3, -0.25) is 0 Å². The summed E-state index contributed by atoms with van der Waals surface area (Å²) in [7, 11) is 1.74. The highest BCUT2D eigenvalue weighted by Crippen LogP contribution is 2.32. The number of quaternary nitrogens is 1. The first kappa shape index (κ1) is 18.3. The zero-order chi connectivity index (χ0) is 17.3. The standard InChI is InChI=1S/C22H27NO/c1-4-23(5-2)19-13-12-18-22(24-3,20-14-8-6-9-15-20)21-16-10-7-11-17-21/h6-11,14-17H,4-5,13,19H2,1-3H3/p+1. The molecule has 2 heteroatoms. The monoisotopic (exact) mass is 322 g/mol. The van der Waals surface area contributed by atoms with Gasteiger partial charge in [0.2, 0.25) is 0 Å². The summed E-state index contributed by atoms with van der Waals surface area (Å²) < 4.78 is 5.99. The molecule has 0 saturated carbocycles. The Morgan fingerprint density at radius 3 is 1.79 bits per heavy atom. The van der Waals surface area contributed by atoms with E-state index in [-0.39, 0.29) is 0 Å². The van der Waals surface area contributed by atoms with Crippen LogP contribution in [-0.2, 0) is 10.3 Å². The number of methoxy groups -OCH3 is 1. The number of ether oxygens (including phenoxy) is 1. The Morgan fingerprint density at radius 1 is 0.875 bits per heavy atom. The topological polar surface area (TPSA) is 13.7 Å². The Labute approximate surface area is 146 Å². The van der Waals surface area contributed by atoms with E-state index in [1.807, 2.05) is 36.4 Å². The molecule has 0 atom stereocenters. The van der Waals surface area contributed by atoms with E-state index in [1.165, 1.54) is 0 Å². The van der Waals surface area contributed by atoms with Crippen molar-refractivity contribution in [3.05, 3.63) is 71.8 Å². The maximum atomic E-state index is 5.99. The Morgan fingerprint density at radius 2 is 1.38 bits per heavy atom. The maximum Gasteiger partial charge on any atom is 0.179 e. The summed E-state index contributed by atoms with van der Waals surface area (Å²) in [4.78, 5) is 1.58. The molecule has 2 aromatic rings. The van der Waals surface area contributed by atoms with Crippen LogP contribution in [0.25, 0.3) is 0 Å². The van der Waals surface area contributed by atoms with Crippen LogP contribution in [0, 0.1) is 11.8 Å². The van der Waals surface area contributed by atoms with Crippen LogP contribution in [0.2, 0.25) is 0 Å². The summed E-state index contributed by atoms with van der Waals surface area (Å²) in [5.41, 5.74) is 1.43. The lowest BCUT2D eigenvalue weighted by molar-refractivity contribution is -0.895. The third kappa shape index (κ3) is 4.26. The summed E-state index contributed by atoms with van der Waals surface area (Å²) in [5, 5.41) is 0. The van der Waals surface area contributed by atoms with E-state index in [0.717, 1.165) is 37.2 Å². The number of nitrogens with one attached hydrogen (secondary N) is 1. The highest BCUT2D eigenvalue weighted by molar-refractivity contribution is 5.44. The van der Waals surface area contributed by atoms with Gasteiger partial charge in [-0.15, -0.1) is 0 Å². The summed E-state index contributed by atoms with van der Waals surface area (Å²) in [6.45, 7) is 7.80. The minimum Gasteiger partial charge on any atom is -0.357 e. The van der Waals surface area contributed by atoms with Crippen LogP contribution in [0.4, 0.5) is 0 Å². The van der Waals surface area contributed by atoms with Gasteiger partial charge in [0.05, 0.1) is 26.1 Å². The van der Waals surface area contributed by atoms with Gasteiger partial charge in [-0.1, -0.05) is 72.5 Å². The van der Waals surface area contributed by atoms with Gasteiger partial charge in [0, 0.05) is 18.2 Å². The van der Waals surface area contributed by atoms with E-state index >= 15 is 0 Å². The third-order valence-corrected chi connectivity index (χ3v) is 4.53. The number of hydrogen-bond donors (Lipinski definition) is 1. The van der Waals surface area contributed by atoms with Crippen LogP contribution in [0.15, 0.2) is 60.7 Å². The first-order chi connectivity index (χ1) is 11.8. The highest BCUT2D eigenvalue weighted by atomic mass is 16.5. The molecule has 0 saturated heterocycles. The molecule has 0 heterocycles. The minimum absolute atomic E-state index is 0.707. The molecule has 1 N–H and O–H groups in total. The smallest absolute Gasteiger partial charge is 0.179 e. The van der Waals surface area contributed by atoms with E-state index in [0.29, 0.717) is 0 Å². The maximum absolute atomic E-state index is 5.99. The Bertz CT molecular complexity index is 611. The summed E-state index contributed by atoms with van der Waals surface area (Å²) >= 11 is 0. The van der Waals surface area contributed by atoms with E-state index in [9.17, 15) is 0 Å². The van der Waals surface area contributed by atoms with Crippen molar-refractivity contribution in [3.63, 3.8) is 0 Å². The van der Waals surface area contributed by atoms with Gasteiger partial charge >= 0.3 is 0 Å². The summed E-state index contributed by atoms with van der Waals surface area (Å²) in [6.07, 6.45) is 0.877. The molecule has 0 aliphatic rings. The number of benzene rings is 2. The Kier molecular flexibility index (Phi) is 7.06. The Balaban J connectivity index is 2.34. The van der Waals surface area contributed by atoms with Crippen LogP contribution in [0.3, 0.4) is 0 Å². The minimum atomic E-state index is -0.707. The van der Waals surface area contributed by atoms with Gasteiger partial charge < -0.3 is 9.64 Å². The first-order valence-corrected chi connectivity index (χ1v) is 8.76. The normalized spacial score (nSPS) is 11.2.